The van der Waals surface area contributed by atoms with Crippen molar-refractivity contribution in [2.75, 3.05) is 0 Å². The highest BCUT2D eigenvalue weighted by Crippen LogP contribution is 2.27. The Morgan fingerprint density at radius 2 is 1.74 bits per heavy atom. The van der Waals surface area contributed by atoms with Gasteiger partial charge < -0.3 is 9.52 Å². The van der Waals surface area contributed by atoms with Crippen LogP contribution in [0.1, 0.15) is 40.2 Å². The molecule has 1 atom stereocenters. The molecule has 23 heavy (non-hydrogen) atoms. The second kappa shape index (κ2) is 6.08. The van der Waals surface area contributed by atoms with E-state index in [1.54, 1.807) is 30.5 Å². The van der Waals surface area contributed by atoms with Crippen LogP contribution >= 0.6 is 0 Å². The average molecular weight is 307 g/mol. The molecule has 0 saturated carbocycles. The molecule has 0 radical (unpaired) electrons. The molecular weight excluding hydrogens is 290 g/mol. The van der Waals surface area contributed by atoms with E-state index in [0.29, 0.717) is 5.89 Å². The van der Waals surface area contributed by atoms with Gasteiger partial charge in [-0.2, -0.15) is 0 Å². The van der Waals surface area contributed by atoms with Crippen molar-refractivity contribution in [3.63, 3.8) is 0 Å². The predicted octanol–water partition coefficient (Wildman–Crippen LogP) is 4.50. The van der Waals surface area contributed by atoms with Crippen molar-refractivity contribution < 1.29 is 14.3 Å². The summed E-state index contributed by atoms with van der Waals surface area (Å²) in [4.78, 5) is 15.5. The number of oxazole rings is 1. The van der Waals surface area contributed by atoms with Crippen LogP contribution in [0.5, 0.6) is 0 Å². The molecule has 3 aromatic rings. The van der Waals surface area contributed by atoms with E-state index in [1.807, 2.05) is 38.1 Å². The lowest BCUT2D eigenvalue weighted by Gasteiger charge is -2.07. The fourth-order valence-electron chi connectivity index (χ4n) is 2.40. The maximum Gasteiger partial charge on any atom is 0.335 e. The van der Waals surface area contributed by atoms with Crippen LogP contribution < -0.4 is 0 Å². The first-order valence-corrected chi connectivity index (χ1v) is 7.40. The van der Waals surface area contributed by atoms with E-state index in [4.69, 9.17) is 9.52 Å². The van der Waals surface area contributed by atoms with Crippen LogP contribution in [0, 0.1) is 6.92 Å². The Labute approximate surface area is 134 Å². The zero-order valence-electron chi connectivity index (χ0n) is 13.0. The standard InChI is InChI=1S/C19H17NO3/c1-12-3-5-15(6-4-12)17-11-23-18(20-17)13(2)14-7-9-16(10-8-14)19(21)22/h3-11,13H,1-2H3,(H,21,22)/t13-/m1/s1. The Balaban J connectivity index is 1.84. The number of carboxylic acid groups (broad SMARTS) is 1. The first-order valence-electron chi connectivity index (χ1n) is 7.40. The third kappa shape index (κ3) is 3.16. The summed E-state index contributed by atoms with van der Waals surface area (Å²) in [5.41, 5.74) is 4.25. The third-order valence-electron chi connectivity index (χ3n) is 3.90. The lowest BCUT2D eigenvalue weighted by molar-refractivity contribution is 0.0697. The molecule has 0 aliphatic rings. The number of carbonyl (C=O) groups is 1. The summed E-state index contributed by atoms with van der Waals surface area (Å²) < 4.78 is 5.62. The lowest BCUT2D eigenvalue weighted by Crippen LogP contribution is -1.99. The number of nitrogens with zero attached hydrogens (tertiary/aromatic N) is 1. The van der Waals surface area contributed by atoms with Crippen molar-refractivity contribution in [3.05, 3.63) is 77.4 Å². The second-order valence-electron chi connectivity index (χ2n) is 5.59. The van der Waals surface area contributed by atoms with Gasteiger partial charge in [-0.15, -0.1) is 0 Å². The molecule has 116 valence electrons. The minimum absolute atomic E-state index is 0.0444. The van der Waals surface area contributed by atoms with Gasteiger partial charge in [0.25, 0.3) is 0 Å². The van der Waals surface area contributed by atoms with Gasteiger partial charge in [-0.25, -0.2) is 9.78 Å². The van der Waals surface area contributed by atoms with E-state index >= 15 is 0 Å². The van der Waals surface area contributed by atoms with E-state index in [0.717, 1.165) is 16.8 Å². The Kier molecular flexibility index (Phi) is 3.98. The molecule has 4 heteroatoms. The van der Waals surface area contributed by atoms with Gasteiger partial charge in [0.2, 0.25) is 5.89 Å². The van der Waals surface area contributed by atoms with Gasteiger partial charge in [0.1, 0.15) is 12.0 Å². The molecule has 1 aromatic heterocycles. The van der Waals surface area contributed by atoms with Crippen LogP contribution in [0.2, 0.25) is 0 Å². The zero-order valence-corrected chi connectivity index (χ0v) is 13.0. The number of rotatable bonds is 4. The van der Waals surface area contributed by atoms with E-state index < -0.39 is 5.97 Å². The van der Waals surface area contributed by atoms with Gasteiger partial charge in [0, 0.05) is 5.56 Å². The fourth-order valence-corrected chi connectivity index (χ4v) is 2.40. The van der Waals surface area contributed by atoms with Crippen LogP contribution in [-0.2, 0) is 0 Å². The third-order valence-corrected chi connectivity index (χ3v) is 3.90. The SMILES string of the molecule is Cc1ccc(-c2coc([C@H](C)c3ccc(C(=O)O)cc3)n2)cc1. The van der Waals surface area contributed by atoms with Gasteiger partial charge in [-0.1, -0.05) is 42.0 Å². The predicted molar refractivity (Wildman–Crippen MR) is 87.6 cm³/mol. The van der Waals surface area contributed by atoms with Gasteiger partial charge in [0.05, 0.1) is 11.5 Å². The molecule has 2 aromatic carbocycles. The van der Waals surface area contributed by atoms with Crippen LogP contribution in [0.4, 0.5) is 0 Å². The molecule has 0 aliphatic heterocycles. The van der Waals surface area contributed by atoms with E-state index in [9.17, 15) is 4.79 Å². The largest absolute Gasteiger partial charge is 0.478 e. The molecule has 1 N–H and O–H groups in total. The quantitative estimate of drug-likeness (QED) is 0.770. The van der Waals surface area contributed by atoms with Crippen molar-refractivity contribution in [1.29, 1.82) is 0 Å². The van der Waals surface area contributed by atoms with Crippen LogP contribution in [0.15, 0.2) is 59.2 Å². The Hall–Kier alpha value is -2.88. The van der Waals surface area contributed by atoms with E-state index in [2.05, 4.69) is 4.98 Å². The number of benzene rings is 2. The molecule has 3 rings (SSSR count). The summed E-state index contributed by atoms with van der Waals surface area (Å²) in [6.07, 6.45) is 1.65. The van der Waals surface area contributed by atoms with Crippen LogP contribution in [0.25, 0.3) is 11.3 Å². The number of aromatic nitrogens is 1. The molecule has 0 saturated heterocycles. The Morgan fingerprint density at radius 1 is 1.09 bits per heavy atom. The molecule has 0 amide bonds. The molecule has 0 aliphatic carbocycles. The van der Waals surface area contributed by atoms with E-state index in [1.165, 1.54) is 5.56 Å². The summed E-state index contributed by atoms with van der Waals surface area (Å²) in [5.74, 6) is -0.359. The minimum Gasteiger partial charge on any atom is -0.478 e. The highest BCUT2D eigenvalue weighted by molar-refractivity contribution is 5.87. The van der Waals surface area contributed by atoms with Crippen molar-refractivity contribution in [2.24, 2.45) is 0 Å². The average Bonchev–Trinajstić information content (AvgIpc) is 3.05. The van der Waals surface area contributed by atoms with Crippen LogP contribution in [0.3, 0.4) is 0 Å². The zero-order chi connectivity index (χ0) is 16.4. The summed E-state index contributed by atoms with van der Waals surface area (Å²) in [5, 5.41) is 8.95. The van der Waals surface area contributed by atoms with Crippen LogP contribution in [-0.4, -0.2) is 16.1 Å². The first kappa shape index (κ1) is 15.0. The van der Waals surface area contributed by atoms with Crippen molar-refractivity contribution >= 4 is 5.97 Å². The minimum atomic E-state index is -0.929. The Morgan fingerprint density at radius 3 is 2.35 bits per heavy atom. The highest BCUT2D eigenvalue weighted by atomic mass is 16.4. The molecule has 1 heterocycles. The fraction of sp³-hybridized carbons (Fsp3) is 0.158. The topological polar surface area (TPSA) is 63.3 Å². The normalized spacial score (nSPS) is 12.1. The van der Waals surface area contributed by atoms with Gasteiger partial charge in [-0.05, 0) is 31.5 Å². The lowest BCUT2D eigenvalue weighted by atomic mass is 10.00. The maximum absolute atomic E-state index is 10.9. The molecule has 0 bridgehead atoms. The maximum atomic E-state index is 10.9. The van der Waals surface area contributed by atoms with Crippen molar-refractivity contribution in [3.8, 4) is 11.3 Å². The number of aromatic carboxylic acids is 1. The number of carboxylic acids is 1. The Bertz CT molecular complexity index is 817. The molecule has 4 nitrogen and oxygen atoms in total. The molecular formula is C19H17NO3. The molecule has 0 unspecified atom stereocenters. The van der Waals surface area contributed by atoms with Gasteiger partial charge in [0.15, 0.2) is 0 Å². The summed E-state index contributed by atoms with van der Waals surface area (Å²) >= 11 is 0. The number of hydrogen-bond acceptors (Lipinski definition) is 3. The van der Waals surface area contributed by atoms with Crippen molar-refractivity contribution in [1.82, 2.24) is 4.98 Å². The van der Waals surface area contributed by atoms with Gasteiger partial charge >= 0.3 is 5.97 Å². The smallest absolute Gasteiger partial charge is 0.335 e. The van der Waals surface area contributed by atoms with Gasteiger partial charge in [-0.3, -0.25) is 0 Å². The summed E-state index contributed by atoms with van der Waals surface area (Å²) in [7, 11) is 0. The first-order chi connectivity index (χ1) is 11.0. The molecule has 0 spiro atoms. The summed E-state index contributed by atoms with van der Waals surface area (Å²) in [6, 6.07) is 14.9. The molecule has 0 fully saturated rings. The monoisotopic (exact) mass is 307 g/mol. The summed E-state index contributed by atoms with van der Waals surface area (Å²) in [6.45, 7) is 4.03. The second-order valence-corrected chi connectivity index (χ2v) is 5.59. The highest BCUT2D eigenvalue weighted by Gasteiger charge is 2.16. The number of aryl methyl sites for hydroxylation is 1. The van der Waals surface area contributed by atoms with E-state index in [-0.39, 0.29) is 11.5 Å². The number of hydrogen-bond donors (Lipinski definition) is 1. The van der Waals surface area contributed by atoms with Crippen molar-refractivity contribution in [2.45, 2.75) is 19.8 Å².